The van der Waals surface area contributed by atoms with Crippen molar-refractivity contribution in [2.45, 2.75) is 6.54 Å². The molecule has 0 atom stereocenters. The molecule has 0 radical (unpaired) electrons. The van der Waals surface area contributed by atoms with E-state index in [2.05, 4.69) is 15.0 Å². The molecule has 0 saturated heterocycles. The summed E-state index contributed by atoms with van der Waals surface area (Å²) in [5, 5.41) is -0.0666. The van der Waals surface area contributed by atoms with Crippen molar-refractivity contribution < 1.29 is 0 Å². The Labute approximate surface area is 94.7 Å². The Morgan fingerprint density at radius 3 is 2.87 bits per heavy atom. The highest BCUT2D eigenvalue weighted by Crippen LogP contribution is 2.12. The molecule has 0 aliphatic rings. The van der Waals surface area contributed by atoms with E-state index in [1.807, 2.05) is 0 Å². The maximum Gasteiger partial charge on any atom is 0.274 e. The lowest BCUT2D eigenvalue weighted by Gasteiger charge is -2.03. The minimum absolute atomic E-state index is 0.0114. The van der Waals surface area contributed by atoms with Gasteiger partial charge in [0.25, 0.3) is 5.56 Å². The second-order valence-corrected chi connectivity index (χ2v) is 3.55. The minimum Gasteiger partial charge on any atom is -0.347 e. The summed E-state index contributed by atoms with van der Waals surface area (Å²) in [6.45, 7) is 0.287. The first-order valence-electron chi connectivity index (χ1n) is 4.07. The van der Waals surface area contributed by atoms with Gasteiger partial charge in [-0.3, -0.25) is 9.36 Å². The van der Waals surface area contributed by atoms with E-state index >= 15 is 0 Å². The molecule has 2 aromatic heterocycles. The Morgan fingerprint density at radius 2 is 2.20 bits per heavy atom. The van der Waals surface area contributed by atoms with E-state index in [1.165, 1.54) is 10.9 Å². The second kappa shape index (κ2) is 4.04. The average Bonchev–Trinajstić information content (AvgIpc) is 2.72. The zero-order valence-corrected chi connectivity index (χ0v) is 8.96. The van der Waals surface area contributed by atoms with Gasteiger partial charge in [-0.15, -0.1) is 0 Å². The van der Waals surface area contributed by atoms with Crippen molar-refractivity contribution in [2.75, 3.05) is 0 Å². The van der Waals surface area contributed by atoms with Gasteiger partial charge in [0.15, 0.2) is 5.15 Å². The predicted molar refractivity (Wildman–Crippen MR) is 56.2 cm³/mol. The molecule has 1 N–H and O–H groups in total. The summed E-state index contributed by atoms with van der Waals surface area (Å²) in [4.78, 5) is 22.2. The van der Waals surface area contributed by atoms with Crippen LogP contribution in [0.25, 0.3) is 0 Å². The van der Waals surface area contributed by atoms with E-state index < -0.39 is 0 Å². The van der Waals surface area contributed by atoms with E-state index in [0.29, 0.717) is 5.82 Å². The first kappa shape index (κ1) is 10.2. The molecule has 2 heterocycles. The Hall–Kier alpha value is -1.33. The van der Waals surface area contributed by atoms with Gasteiger partial charge < -0.3 is 4.98 Å². The summed E-state index contributed by atoms with van der Waals surface area (Å²) in [7, 11) is 0. The van der Waals surface area contributed by atoms with Gasteiger partial charge in [-0.2, -0.15) is 0 Å². The van der Waals surface area contributed by atoms with Crippen LogP contribution in [-0.4, -0.2) is 19.5 Å². The van der Waals surface area contributed by atoms with Crippen LogP contribution in [0.3, 0.4) is 0 Å². The van der Waals surface area contributed by atoms with Gasteiger partial charge in [0, 0.05) is 12.4 Å². The number of nitrogens with one attached hydrogen (secondary N) is 1. The van der Waals surface area contributed by atoms with Gasteiger partial charge in [0.1, 0.15) is 10.8 Å². The fraction of sp³-hybridized carbons (Fsp3) is 0.125. The fourth-order valence-electron chi connectivity index (χ4n) is 1.10. The highest BCUT2D eigenvalue weighted by atomic mass is 35.5. The molecule has 0 bridgehead atoms. The van der Waals surface area contributed by atoms with Crippen LogP contribution in [0.15, 0.2) is 23.5 Å². The van der Waals surface area contributed by atoms with Crippen molar-refractivity contribution >= 4 is 23.2 Å². The molecule has 0 aliphatic carbocycles. The van der Waals surface area contributed by atoms with E-state index in [-0.39, 0.29) is 22.3 Å². The molecule has 0 saturated carbocycles. The molecule has 15 heavy (non-hydrogen) atoms. The Balaban J connectivity index is 2.38. The molecule has 0 unspecified atom stereocenters. The molecular weight excluding hydrogens is 239 g/mol. The van der Waals surface area contributed by atoms with Crippen molar-refractivity contribution in [1.29, 1.82) is 0 Å². The van der Waals surface area contributed by atoms with Crippen molar-refractivity contribution in [2.24, 2.45) is 0 Å². The van der Waals surface area contributed by atoms with Crippen LogP contribution in [0.5, 0.6) is 0 Å². The number of imidazole rings is 1. The standard InChI is InChI=1S/C8H6Cl2N4O/c9-6-7(10)13-4-14(8(6)15)3-5-11-1-2-12-5/h1-2,4H,3H2,(H,11,12). The quantitative estimate of drug-likeness (QED) is 0.811. The highest BCUT2D eigenvalue weighted by molar-refractivity contribution is 6.40. The van der Waals surface area contributed by atoms with Gasteiger partial charge in [-0.25, -0.2) is 9.97 Å². The van der Waals surface area contributed by atoms with E-state index in [9.17, 15) is 4.79 Å². The molecule has 0 spiro atoms. The highest BCUT2D eigenvalue weighted by Gasteiger charge is 2.08. The summed E-state index contributed by atoms with van der Waals surface area (Å²) < 4.78 is 1.33. The number of aromatic nitrogens is 4. The summed E-state index contributed by atoms with van der Waals surface area (Å²) in [6, 6.07) is 0. The number of hydrogen-bond acceptors (Lipinski definition) is 3. The van der Waals surface area contributed by atoms with Gasteiger partial charge >= 0.3 is 0 Å². The maximum absolute atomic E-state index is 11.6. The Kier molecular flexibility index (Phi) is 2.75. The van der Waals surface area contributed by atoms with Crippen LogP contribution < -0.4 is 5.56 Å². The van der Waals surface area contributed by atoms with Gasteiger partial charge in [0.05, 0.1) is 12.9 Å². The lowest BCUT2D eigenvalue weighted by Crippen LogP contribution is -2.22. The number of hydrogen-bond donors (Lipinski definition) is 1. The van der Waals surface area contributed by atoms with Crippen molar-refractivity contribution in [1.82, 2.24) is 19.5 Å². The van der Waals surface area contributed by atoms with Gasteiger partial charge in [0.2, 0.25) is 0 Å². The fourth-order valence-corrected chi connectivity index (χ4v) is 1.38. The average molecular weight is 245 g/mol. The van der Waals surface area contributed by atoms with Crippen LogP contribution in [0.2, 0.25) is 10.2 Å². The number of nitrogens with zero attached hydrogens (tertiary/aromatic N) is 3. The number of aromatic amines is 1. The molecular formula is C8H6Cl2N4O. The molecule has 5 nitrogen and oxygen atoms in total. The smallest absolute Gasteiger partial charge is 0.274 e. The first-order chi connectivity index (χ1) is 7.18. The maximum atomic E-state index is 11.6. The Morgan fingerprint density at radius 1 is 1.40 bits per heavy atom. The van der Waals surface area contributed by atoms with Crippen molar-refractivity contribution in [3.8, 4) is 0 Å². The second-order valence-electron chi connectivity index (χ2n) is 2.82. The molecule has 7 heteroatoms. The van der Waals surface area contributed by atoms with Crippen LogP contribution in [0, 0.1) is 0 Å². The SMILES string of the molecule is O=c1c(Cl)c(Cl)ncn1Cc1ncc[nH]1. The van der Waals surface area contributed by atoms with Crippen LogP contribution in [0.4, 0.5) is 0 Å². The normalized spacial score (nSPS) is 10.5. The summed E-state index contributed by atoms with van der Waals surface area (Å²) in [6.07, 6.45) is 4.61. The third-order valence-corrected chi connectivity index (χ3v) is 2.54. The summed E-state index contributed by atoms with van der Waals surface area (Å²) in [5.74, 6) is 0.650. The molecule has 0 fully saturated rings. The zero-order valence-electron chi connectivity index (χ0n) is 7.44. The van der Waals surface area contributed by atoms with Crippen molar-refractivity contribution in [3.05, 3.63) is 45.1 Å². The molecule has 0 aliphatic heterocycles. The first-order valence-corrected chi connectivity index (χ1v) is 4.83. The number of H-pyrrole nitrogens is 1. The molecule has 0 aromatic carbocycles. The molecule has 78 valence electrons. The molecule has 2 aromatic rings. The third kappa shape index (κ3) is 2.03. The van der Waals surface area contributed by atoms with E-state index in [0.717, 1.165) is 0 Å². The topological polar surface area (TPSA) is 63.6 Å². The number of rotatable bonds is 2. The largest absolute Gasteiger partial charge is 0.347 e. The molecule has 2 rings (SSSR count). The lowest BCUT2D eigenvalue weighted by molar-refractivity contribution is 0.706. The lowest BCUT2D eigenvalue weighted by atomic mass is 10.5. The van der Waals surface area contributed by atoms with E-state index in [4.69, 9.17) is 23.2 Å². The van der Waals surface area contributed by atoms with Crippen LogP contribution >= 0.6 is 23.2 Å². The van der Waals surface area contributed by atoms with Gasteiger partial charge in [-0.05, 0) is 0 Å². The number of halogens is 2. The molecule has 0 amide bonds. The monoisotopic (exact) mass is 244 g/mol. The van der Waals surface area contributed by atoms with Crippen LogP contribution in [-0.2, 0) is 6.54 Å². The van der Waals surface area contributed by atoms with Gasteiger partial charge in [-0.1, -0.05) is 23.2 Å². The Bertz CT molecular complexity index is 520. The minimum atomic E-state index is -0.381. The van der Waals surface area contributed by atoms with Crippen molar-refractivity contribution in [3.63, 3.8) is 0 Å². The summed E-state index contributed by atoms with van der Waals surface area (Å²) >= 11 is 11.3. The zero-order chi connectivity index (χ0) is 10.8. The predicted octanol–water partition coefficient (Wildman–Crippen LogP) is 1.32. The summed E-state index contributed by atoms with van der Waals surface area (Å²) in [5.41, 5.74) is -0.381. The third-order valence-electron chi connectivity index (χ3n) is 1.82. The van der Waals surface area contributed by atoms with E-state index in [1.54, 1.807) is 12.4 Å². The van der Waals surface area contributed by atoms with Crippen LogP contribution in [0.1, 0.15) is 5.82 Å².